The van der Waals surface area contributed by atoms with Gasteiger partial charge < -0.3 is 14.8 Å². The minimum atomic E-state index is -0.777. The number of carbonyl (C=O) groups excluding carboxylic acids is 2. The molecule has 1 aromatic rings. The average Bonchev–Trinajstić information content (AvgIpc) is 2.39. The van der Waals surface area contributed by atoms with Crippen LogP contribution in [-0.2, 0) is 20.7 Å². The molecule has 1 amide bonds. The zero-order valence-corrected chi connectivity index (χ0v) is 11.7. The summed E-state index contributed by atoms with van der Waals surface area (Å²) in [5, 5.41) is 2.44. The predicted molar refractivity (Wildman–Crippen MR) is 69.2 cm³/mol. The molecule has 6 heteroatoms. The van der Waals surface area contributed by atoms with E-state index in [1.807, 2.05) is 24.3 Å². The zero-order valence-electron chi connectivity index (χ0n) is 10.1. The smallest absolute Gasteiger partial charge is 0.407 e. The first-order valence-corrected chi connectivity index (χ1v) is 6.03. The maximum absolute atomic E-state index is 11.6. The van der Waals surface area contributed by atoms with E-state index < -0.39 is 18.1 Å². The van der Waals surface area contributed by atoms with Crippen LogP contribution >= 0.6 is 15.9 Å². The van der Waals surface area contributed by atoms with Crippen LogP contribution in [0.2, 0.25) is 0 Å². The van der Waals surface area contributed by atoms with Crippen molar-refractivity contribution in [3.63, 3.8) is 0 Å². The van der Waals surface area contributed by atoms with Gasteiger partial charge in [0.1, 0.15) is 6.04 Å². The molecule has 0 heterocycles. The molecule has 1 N–H and O–H groups in total. The Bertz CT molecular complexity index is 436. The molecule has 5 nitrogen and oxygen atoms in total. The average molecular weight is 316 g/mol. The zero-order chi connectivity index (χ0) is 13.5. The van der Waals surface area contributed by atoms with E-state index in [1.54, 1.807) is 0 Å². The van der Waals surface area contributed by atoms with Gasteiger partial charge in [0, 0.05) is 10.9 Å². The van der Waals surface area contributed by atoms with E-state index in [-0.39, 0.29) is 0 Å². The van der Waals surface area contributed by atoms with Gasteiger partial charge in [-0.3, -0.25) is 0 Å². The highest BCUT2D eigenvalue weighted by Gasteiger charge is 2.22. The van der Waals surface area contributed by atoms with Crippen LogP contribution in [0.3, 0.4) is 0 Å². The molecule has 98 valence electrons. The van der Waals surface area contributed by atoms with E-state index in [0.29, 0.717) is 6.42 Å². The molecular weight excluding hydrogens is 302 g/mol. The summed E-state index contributed by atoms with van der Waals surface area (Å²) in [4.78, 5) is 22.7. The van der Waals surface area contributed by atoms with Gasteiger partial charge in [-0.2, -0.15) is 0 Å². The monoisotopic (exact) mass is 315 g/mol. The highest BCUT2D eigenvalue weighted by Crippen LogP contribution is 2.17. The third kappa shape index (κ3) is 4.03. The highest BCUT2D eigenvalue weighted by molar-refractivity contribution is 9.10. The molecule has 1 rings (SSSR count). The van der Waals surface area contributed by atoms with Crippen LogP contribution in [0.5, 0.6) is 0 Å². The van der Waals surface area contributed by atoms with Crippen LogP contribution in [0, 0.1) is 0 Å². The van der Waals surface area contributed by atoms with Gasteiger partial charge in [0.15, 0.2) is 0 Å². The molecule has 1 unspecified atom stereocenters. The molecule has 0 aromatic heterocycles. The maximum Gasteiger partial charge on any atom is 0.407 e. The molecule has 0 radical (unpaired) electrons. The van der Waals surface area contributed by atoms with Gasteiger partial charge in [0.05, 0.1) is 14.2 Å². The first kappa shape index (κ1) is 14.5. The summed E-state index contributed by atoms with van der Waals surface area (Å²) in [5.41, 5.74) is 0.893. The van der Waals surface area contributed by atoms with Crippen molar-refractivity contribution in [3.05, 3.63) is 34.3 Å². The van der Waals surface area contributed by atoms with E-state index in [4.69, 9.17) is 0 Å². The second-order valence-corrected chi connectivity index (χ2v) is 4.36. The second kappa shape index (κ2) is 7.00. The molecule has 0 saturated heterocycles. The molecule has 0 fully saturated rings. The lowest BCUT2D eigenvalue weighted by atomic mass is 10.1. The van der Waals surface area contributed by atoms with Crippen molar-refractivity contribution in [3.8, 4) is 0 Å². The fourth-order valence-electron chi connectivity index (χ4n) is 1.42. The van der Waals surface area contributed by atoms with Crippen LogP contribution < -0.4 is 5.32 Å². The van der Waals surface area contributed by atoms with Crippen molar-refractivity contribution in [1.29, 1.82) is 0 Å². The lowest BCUT2D eigenvalue weighted by molar-refractivity contribution is -0.142. The largest absolute Gasteiger partial charge is 0.467 e. The van der Waals surface area contributed by atoms with Crippen LogP contribution in [0.15, 0.2) is 28.7 Å². The molecule has 0 aliphatic rings. The summed E-state index contributed by atoms with van der Waals surface area (Å²) in [6.07, 6.45) is -0.346. The Labute approximate surface area is 114 Å². The fourth-order valence-corrected chi connectivity index (χ4v) is 1.87. The molecule has 0 aliphatic carbocycles. The Hall–Kier alpha value is -1.56. The van der Waals surface area contributed by atoms with Crippen LogP contribution in [0.4, 0.5) is 4.79 Å². The summed E-state index contributed by atoms with van der Waals surface area (Å²) in [5.74, 6) is -0.517. The third-order valence-corrected chi connectivity index (χ3v) is 3.12. The van der Waals surface area contributed by atoms with Crippen LogP contribution in [0.1, 0.15) is 5.56 Å². The minimum Gasteiger partial charge on any atom is -0.467 e. The molecule has 1 atom stereocenters. The van der Waals surface area contributed by atoms with Gasteiger partial charge in [-0.15, -0.1) is 0 Å². The lowest BCUT2D eigenvalue weighted by Gasteiger charge is -2.16. The maximum atomic E-state index is 11.6. The quantitative estimate of drug-likeness (QED) is 0.862. The second-order valence-electron chi connectivity index (χ2n) is 3.51. The molecule has 18 heavy (non-hydrogen) atoms. The summed E-state index contributed by atoms with van der Waals surface area (Å²) in [6.45, 7) is 0. The Morgan fingerprint density at radius 1 is 1.28 bits per heavy atom. The first-order chi connectivity index (χ1) is 8.58. The van der Waals surface area contributed by atoms with Crippen molar-refractivity contribution >= 4 is 28.0 Å². The van der Waals surface area contributed by atoms with Gasteiger partial charge in [0.25, 0.3) is 0 Å². The highest BCUT2D eigenvalue weighted by atomic mass is 79.9. The van der Waals surface area contributed by atoms with E-state index in [2.05, 4.69) is 30.7 Å². The number of esters is 1. The van der Waals surface area contributed by atoms with Gasteiger partial charge in [-0.25, -0.2) is 9.59 Å². The molecular formula is C12H14BrNO4. The first-order valence-electron chi connectivity index (χ1n) is 5.24. The molecule has 1 aromatic carbocycles. The van der Waals surface area contributed by atoms with Crippen molar-refractivity contribution in [1.82, 2.24) is 5.32 Å². The van der Waals surface area contributed by atoms with Gasteiger partial charge in [0.2, 0.25) is 0 Å². The van der Waals surface area contributed by atoms with E-state index in [0.717, 1.165) is 10.0 Å². The number of halogens is 1. The normalized spacial score (nSPS) is 11.5. The van der Waals surface area contributed by atoms with Crippen molar-refractivity contribution < 1.29 is 19.1 Å². The number of ether oxygens (including phenoxy) is 2. The van der Waals surface area contributed by atoms with Crippen molar-refractivity contribution in [2.45, 2.75) is 12.5 Å². The number of benzene rings is 1. The Morgan fingerprint density at radius 2 is 1.94 bits per heavy atom. The molecule has 0 saturated carbocycles. The summed E-state index contributed by atoms with van der Waals surface area (Å²) in [7, 11) is 2.51. The predicted octanol–water partition coefficient (Wildman–Crippen LogP) is 1.89. The number of rotatable bonds is 4. The number of amides is 1. The summed E-state index contributed by atoms with van der Waals surface area (Å²) >= 11 is 3.38. The fraction of sp³-hybridized carbons (Fsp3) is 0.333. The molecule has 0 bridgehead atoms. The lowest BCUT2D eigenvalue weighted by Crippen LogP contribution is -2.43. The van der Waals surface area contributed by atoms with E-state index in [9.17, 15) is 9.59 Å². The van der Waals surface area contributed by atoms with E-state index >= 15 is 0 Å². The molecule has 0 aliphatic heterocycles. The summed E-state index contributed by atoms with van der Waals surface area (Å²) in [6, 6.07) is 6.67. The summed E-state index contributed by atoms with van der Waals surface area (Å²) < 4.78 is 9.99. The van der Waals surface area contributed by atoms with Crippen molar-refractivity contribution in [2.24, 2.45) is 0 Å². The Balaban J connectivity index is 2.82. The van der Waals surface area contributed by atoms with Gasteiger partial charge in [-0.05, 0) is 11.6 Å². The number of alkyl carbamates (subject to hydrolysis) is 1. The number of carbonyl (C=O) groups is 2. The van der Waals surface area contributed by atoms with Crippen molar-refractivity contribution in [2.75, 3.05) is 14.2 Å². The Kier molecular flexibility index (Phi) is 5.64. The van der Waals surface area contributed by atoms with Crippen LogP contribution in [-0.4, -0.2) is 32.3 Å². The van der Waals surface area contributed by atoms with Crippen LogP contribution in [0.25, 0.3) is 0 Å². The number of nitrogens with one attached hydrogen (secondary N) is 1. The third-order valence-electron chi connectivity index (χ3n) is 2.35. The SMILES string of the molecule is COC(=O)NC(Cc1ccccc1Br)C(=O)OC. The Morgan fingerprint density at radius 3 is 2.50 bits per heavy atom. The number of methoxy groups -OCH3 is 2. The topological polar surface area (TPSA) is 64.6 Å². The van der Waals surface area contributed by atoms with Gasteiger partial charge >= 0.3 is 12.1 Å². The standard InChI is InChI=1S/C12H14BrNO4/c1-17-11(15)10(14-12(16)18-2)7-8-5-3-4-6-9(8)13/h3-6,10H,7H2,1-2H3,(H,14,16). The molecule has 0 spiro atoms. The van der Waals surface area contributed by atoms with Gasteiger partial charge in [-0.1, -0.05) is 34.1 Å². The minimum absolute atomic E-state index is 0.323. The number of hydrogen-bond acceptors (Lipinski definition) is 4. The van der Waals surface area contributed by atoms with E-state index in [1.165, 1.54) is 14.2 Å². The number of hydrogen-bond donors (Lipinski definition) is 1.